The van der Waals surface area contributed by atoms with Gasteiger partial charge in [-0.2, -0.15) is 0 Å². The zero-order valence-corrected chi connectivity index (χ0v) is 18.1. The van der Waals surface area contributed by atoms with E-state index in [1.54, 1.807) is 0 Å². The third-order valence-electron chi connectivity index (χ3n) is 4.55. The molecule has 0 aliphatic heterocycles. The number of rotatable bonds is 8. The van der Waals surface area contributed by atoms with Gasteiger partial charge in [0.15, 0.2) is 0 Å². The maximum Gasteiger partial charge on any atom is 0.285 e. The quantitative estimate of drug-likeness (QED) is 0.328. The van der Waals surface area contributed by atoms with Gasteiger partial charge >= 0.3 is 0 Å². The van der Waals surface area contributed by atoms with Crippen molar-refractivity contribution in [2.24, 2.45) is 0 Å². The van der Waals surface area contributed by atoms with Crippen molar-refractivity contribution in [3.63, 3.8) is 0 Å². The molecular formula is C25H22O2Si2. The lowest BCUT2D eigenvalue weighted by atomic mass is 10.4. The Morgan fingerprint density at radius 3 is 0.862 bits per heavy atom. The van der Waals surface area contributed by atoms with Crippen LogP contribution < -0.4 is 20.7 Å². The molecule has 0 saturated heterocycles. The predicted octanol–water partition coefficient (Wildman–Crippen LogP) is 2.59. The summed E-state index contributed by atoms with van der Waals surface area (Å²) in [6.07, 6.45) is 0. The predicted molar refractivity (Wildman–Crippen MR) is 123 cm³/mol. The average molecular weight is 411 g/mol. The van der Waals surface area contributed by atoms with Crippen molar-refractivity contribution in [1.29, 1.82) is 0 Å². The van der Waals surface area contributed by atoms with Crippen LogP contribution in [0.1, 0.15) is 0 Å². The standard InChI is InChI=1S/C25H22O2Si2/c1-5-13-22(14-6-1)28(23-15-7-2-8-16-23)26-21-27-29(24-17-9-3-10-18-24)25-19-11-4-12-20-25/h1-20H,21H2. The van der Waals surface area contributed by atoms with Crippen LogP contribution in [-0.2, 0) is 8.85 Å². The molecule has 0 bridgehead atoms. The lowest BCUT2D eigenvalue weighted by molar-refractivity contribution is 0.127. The van der Waals surface area contributed by atoms with E-state index in [1.807, 2.05) is 24.3 Å². The summed E-state index contributed by atoms with van der Waals surface area (Å²) in [5.74, 6) is 0. The van der Waals surface area contributed by atoms with Crippen molar-refractivity contribution >= 4 is 38.8 Å². The van der Waals surface area contributed by atoms with Gasteiger partial charge in [0.1, 0.15) is 6.79 Å². The Labute approximate surface area is 175 Å². The first kappa shape index (κ1) is 19.5. The van der Waals surface area contributed by atoms with Gasteiger partial charge in [0.25, 0.3) is 18.1 Å². The second-order valence-electron chi connectivity index (χ2n) is 6.53. The molecule has 2 nitrogen and oxygen atoms in total. The summed E-state index contributed by atoms with van der Waals surface area (Å²) in [7, 11) is -2.73. The Balaban J connectivity index is 1.53. The maximum atomic E-state index is 6.39. The van der Waals surface area contributed by atoms with Crippen LogP contribution in [0.2, 0.25) is 0 Å². The normalized spacial score (nSPS) is 11.1. The van der Waals surface area contributed by atoms with E-state index in [-0.39, 0.29) is 6.79 Å². The molecule has 4 aromatic carbocycles. The molecule has 0 aromatic heterocycles. The van der Waals surface area contributed by atoms with Crippen LogP contribution in [0.15, 0.2) is 121 Å². The number of hydrogen-bond donors (Lipinski definition) is 0. The van der Waals surface area contributed by atoms with Crippen LogP contribution in [0.3, 0.4) is 0 Å². The highest BCUT2D eigenvalue weighted by Gasteiger charge is 2.22. The summed E-state index contributed by atoms with van der Waals surface area (Å²) in [5, 5.41) is 4.89. The molecule has 0 amide bonds. The summed E-state index contributed by atoms with van der Waals surface area (Å²) in [6, 6.07) is 41.8. The summed E-state index contributed by atoms with van der Waals surface area (Å²) >= 11 is 0. The molecule has 4 rings (SSSR count). The molecule has 0 fully saturated rings. The minimum atomic E-state index is -1.37. The average Bonchev–Trinajstić information content (AvgIpc) is 2.81. The van der Waals surface area contributed by atoms with Gasteiger partial charge in [0.2, 0.25) is 0 Å². The van der Waals surface area contributed by atoms with E-state index in [1.165, 1.54) is 20.7 Å². The lowest BCUT2D eigenvalue weighted by Gasteiger charge is -2.20. The zero-order valence-electron chi connectivity index (χ0n) is 16.1. The van der Waals surface area contributed by atoms with Gasteiger partial charge < -0.3 is 8.85 Å². The molecule has 0 atom stereocenters. The van der Waals surface area contributed by atoms with E-state index in [0.29, 0.717) is 0 Å². The first-order chi connectivity index (χ1) is 14.4. The Morgan fingerprint density at radius 2 is 0.621 bits per heavy atom. The molecule has 2 radical (unpaired) electrons. The van der Waals surface area contributed by atoms with Gasteiger partial charge in [-0.1, -0.05) is 121 Å². The minimum absolute atomic E-state index is 0.274. The van der Waals surface area contributed by atoms with E-state index in [4.69, 9.17) is 8.85 Å². The van der Waals surface area contributed by atoms with Crippen LogP contribution in [0, 0.1) is 0 Å². The third-order valence-corrected chi connectivity index (χ3v) is 8.79. The maximum absolute atomic E-state index is 6.39. The molecule has 4 heteroatoms. The summed E-state index contributed by atoms with van der Waals surface area (Å²) in [5.41, 5.74) is 0. The number of benzene rings is 4. The highest BCUT2D eigenvalue weighted by Crippen LogP contribution is 1.99. The van der Waals surface area contributed by atoms with Gasteiger partial charge in [-0.05, 0) is 20.7 Å². The highest BCUT2D eigenvalue weighted by atomic mass is 28.3. The van der Waals surface area contributed by atoms with Crippen molar-refractivity contribution in [3.8, 4) is 0 Å². The van der Waals surface area contributed by atoms with Crippen molar-refractivity contribution in [1.82, 2.24) is 0 Å². The SMILES string of the molecule is c1ccc([Si](OCO[Si](c2ccccc2)c2ccccc2)c2ccccc2)cc1. The van der Waals surface area contributed by atoms with Crippen molar-refractivity contribution in [2.45, 2.75) is 0 Å². The summed E-state index contributed by atoms with van der Waals surface area (Å²) in [4.78, 5) is 0. The zero-order chi connectivity index (χ0) is 19.7. The molecule has 0 aliphatic rings. The van der Waals surface area contributed by atoms with Gasteiger partial charge in [-0.15, -0.1) is 0 Å². The molecule has 142 valence electrons. The van der Waals surface area contributed by atoms with E-state index < -0.39 is 18.1 Å². The van der Waals surface area contributed by atoms with Crippen LogP contribution >= 0.6 is 0 Å². The number of hydrogen-bond acceptors (Lipinski definition) is 2. The van der Waals surface area contributed by atoms with Gasteiger partial charge in [0.05, 0.1) is 0 Å². The third kappa shape index (κ3) is 5.19. The molecule has 0 spiro atoms. The monoisotopic (exact) mass is 410 g/mol. The first-order valence-corrected chi connectivity index (χ1v) is 12.4. The summed E-state index contributed by atoms with van der Waals surface area (Å²) in [6.45, 7) is 0.274. The Kier molecular flexibility index (Phi) is 6.83. The summed E-state index contributed by atoms with van der Waals surface area (Å²) < 4.78 is 12.8. The Hall–Kier alpha value is -2.77. The van der Waals surface area contributed by atoms with Crippen LogP contribution in [0.5, 0.6) is 0 Å². The highest BCUT2D eigenvalue weighted by molar-refractivity contribution is 6.81. The fraction of sp³-hybridized carbons (Fsp3) is 0.0400. The Morgan fingerprint density at radius 1 is 0.379 bits per heavy atom. The van der Waals surface area contributed by atoms with E-state index in [9.17, 15) is 0 Å². The lowest BCUT2D eigenvalue weighted by Crippen LogP contribution is -2.49. The fourth-order valence-corrected chi connectivity index (χ4v) is 6.96. The second kappa shape index (κ2) is 10.1. The molecule has 29 heavy (non-hydrogen) atoms. The van der Waals surface area contributed by atoms with E-state index in [2.05, 4.69) is 97.1 Å². The van der Waals surface area contributed by atoms with E-state index >= 15 is 0 Å². The minimum Gasteiger partial charge on any atom is -0.385 e. The van der Waals surface area contributed by atoms with Crippen molar-refractivity contribution < 1.29 is 8.85 Å². The second-order valence-corrected chi connectivity index (χ2v) is 10.7. The molecule has 0 saturated carbocycles. The van der Waals surface area contributed by atoms with Crippen molar-refractivity contribution in [3.05, 3.63) is 121 Å². The molecule has 0 heterocycles. The van der Waals surface area contributed by atoms with Crippen molar-refractivity contribution in [2.75, 3.05) is 6.79 Å². The van der Waals surface area contributed by atoms with Gasteiger partial charge in [-0.3, -0.25) is 0 Å². The molecule has 0 unspecified atom stereocenters. The molecule has 0 N–H and O–H groups in total. The topological polar surface area (TPSA) is 18.5 Å². The first-order valence-electron chi connectivity index (χ1n) is 9.63. The molecule has 4 aromatic rings. The molecular weight excluding hydrogens is 388 g/mol. The van der Waals surface area contributed by atoms with E-state index in [0.717, 1.165) is 0 Å². The van der Waals surface area contributed by atoms with Gasteiger partial charge in [0, 0.05) is 0 Å². The Bertz CT molecular complexity index is 818. The van der Waals surface area contributed by atoms with Crippen LogP contribution in [0.4, 0.5) is 0 Å². The van der Waals surface area contributed by atoms with Crippen LogP contribution in [-0.4, -0.2) is 24.9 Å². The van der Waals surface area contributed by atoms with Crippen LogP contribution in [0.25, 0.3) is 0 Å². The fourth-order valence-electron chi connectivity index (χ4n) is 3.17. The van der Waals surface area contributed by atoms with Gasteiger partial charge in [-0.25, -0.2) is 0 Å². The molecule has 0 aliphatic carbocycles. The largest absolute Gasteiger partial charge is 0.385 e. The smallest absolute Gasteiger partial charge is 0.285 e.